The van der Waals surface area contributed by atoms with E-state index < -0.39 is 11.6 Å². The zero-order valence-corrected chi connectivity index (χ0v) is 10.2. The number of aryl methyl sites for hydroxylation is 2. The lowest BCUT2D eigenvalue weighted by molar-refractivity contribution is -0.160. The Balaban J connectivity index is 2.95. The van der Waals surface area contributed by atoms with Gasteiger partial charge in [-0.15, -0.1) is 0 Å². The smallest absolute Gasteiger partial charge is 0.337 e. The molecule has 3 heteroatoms. The Labute approximate surface area is 96.1 Å². The SMILES string of the molecule is COC(=O)C(C)(O)Cc1cc(C)ccc1C. The molecule has 1 aromatic rings. The lowest BCUT2D eigenvalue weighted by Crippen LogP contribution is -2.38. The van der Waals surface area contributed by atoms with E-state index in [4.69, 9.17) is 0 Å². The maximum Gasteiger partial charge on any atom is 0.337 e. The van der Waals surface area contributed by atoms with Crippen LogP contribution in [0.25, 0.3) is 0 Å². The van der Waals surface area contributed by atoms with Gasteiger partial charge in [0.1, 0.15) is 0 Å². The summed E-state index contributed by atoms with van der Waals surface area (Å²) in [6.45, 7) is 5.42. The monoisotopic (exact) mass is 222 g/mol. The van der Waals surface area contributed by atoms with E-state index in [1.54, 1.807) is 0 Å². The Hall–Kier alpha value is -1.35. The predicted octanol–water partition coefficient (Wildman–Crippen LogP) is 1.77. The molecule has 0 aliphatic heterocycles. The summed E-state index contributed by atoms with van der Waals surface area (Å²) < 4.78 is 4.57. The summed E-state index contributed by atoms with van der Waals surface area (Å²) in [6.07, 6.45) is 0.271. The van der Waals surface area contributed by atoms with E-state index in [2.05, 4.69) is 4.74 Å². The highest BCUT2D eigenvalue weighted by Gasteiger charge is 2.31. The first kappa shape index (κ1) is 12.7. The number of esters is 1. The number of rotatable bonds is 3. The minimum Gasteiger partial charge on any atom is -0.467 e. The summed E-state index contributed by atoms with van der Waals surface area (Å²) in [4.78, 5) is 11.4. The predicted molar refractivity (Wildman–Crippen MR) is 62.3 cm³/mol. The van der Waals surface area contributed by atoms with Gasteiger partial charge < -0.3 is 9.84 Å². The molecule has 16 heavy (non-hydrogen) atoms. The Kier molecular flexibility index (Phi) is 3.70. The van der Waals surface area contributed by atoms with Gasteiger partial charge in [-0.3, -0.25) is 0 Å². The van der Waals surface area contributed by atoms with E-state index in [0.29, 0.717) is 0 Å². The van der Waals surface area contributed by atoms with Crippen molar-refractivity contribution in [3.63, 3.8) is 0 Å². The van der Waals surface area contributed by atoms with Crippen molar-refractivity contribution in [3.8, 4) is 0 Å². The number of carbonyl (C=O) groups excluding carboxylic acids is 1. The molecule has 0 aliphatic rings. The van der Waals surface area contributed by atoms with Crippen LogP contribution in [-0.2, 0) is 16.0 Å². The number of hydrogen-bond donors (Lipinski definition) is 1. The fraction of sp³-hybridized carbons (Fsp3) is 0.462. The summed E-state index contributed by atoms with van der Waals surface area (Å²) in [5.41, 5.74) is 1.68. The molecule has 0 amide bonds. The van der Waals surface area contributed by atoms with Crippen LogP contribution < -0.4 is 0 Å². The lowest BCUT2D eigenvalue weighted by atomic mass is 9.93. The molecule has 0 bridgehead atoms. The van der Waals surface area contributed by atoms with Gasteiger partial charge in [0.15, 0.2) is 5.60 Å². The van der Waals surface area contributed by atoms with Crippen molar-refractivity contribution in [3.05, 3.63) is 34.9 Å². The number of aliphatic hydroxyl groups is 1. The molecule has 1 N–H and O–H groups in total. The average molecular weight is 222 g/mol. The van der Waals surface area contributed by atoms with Crippen LogP contribution in [0.15, 0.2) is 18.2 Å². The first-order valence-corrected chi connectivity index (χ1v) is 5.24. The summed E-state index contributed by atoms with van der Waals surface area (Å²) in [6, 6.07) is 5.97. The third-order valence-corrected chi connectivity index (χ3v) is 2.66. The van der Waals surface area contributed by atoms with Crippen molar-refractivity contribution in [1.82, 2.24) is 0 Å². The molecule has 1 rings (SSSR count). The Morgan fingerprint density at radius 1 is 1.44 bits per heavy atom. The molecule has 0 saturated heterocycles. The molecule has 0 fully saturated rings. The van der Waals surface area contributed by atoms with Crippen molar-refractivity contribution in [2.75, 3.05) is 7.11 Å². The van der Waals surface area contributed by atoms with Crippen molar-refractivity contribution in [2.45, 2.75) is 32.8 Å². The highest BCUT2D eigenvalue weighted by atomic mass is 16.5. The Morgan fingerprint density at radius 3 is 2.62 bits per heavy atom. The molecule has 1 atom stereocenters. The molecular formula is C13H18O3. The quantitative estimate of drug-likeness (QED) is 0.793. The van der Waals surface area contributed by atoms with Gasteiger partial charge in [-0.25, -0.2) is 4.79 Å². The largest absolute Gasteiger partial charge is 0.467 e. The zero-order valence-electron chi connectivity index (χ0n) is 10.2. The fourth-order valence-corrected chi connectivity index (χ4v) is 1.65. The topological polar surface area (TPSA) is 46.5 Å². The minimum absolute atomic E-state index is 0.271. The normalized spacial score (nSPS) is 14.3. The lowest BCUT2D eigenvalue weighted by Gasteiger charge is -2.21. The van der Waals surface area contributed by atoms with Crippen molar-refractivity contribution in [2.24, 2.45) is 0 Å². The van der Waals surface area contributed by atoms with E-state index in [1.165, 1.54) is 14.0 Å². The number of benzene rings is 1. The second-order valence-corrected chi connectivity index (χ2v) is 4.37. The first-order chi connectivity index (χ1) is 7.36. The molecule has 3 nitrogen and oxygen atoms in total. The van der Waals surface area contributed by atoms with Crippen LogP contribution >= 0.6 is 0 Å². The Morgan fingerprint density at radius 2 is 2.06 bits per heavy atom. The summed E-state index contributed by atoms with van der Waals surface area (Å²) in [7, 11) is 1.28. The summed E-state index contributed by atoms with van der Waals surface area (Å²) in [5, 5.41) is 9.98. The molecule has 0 aromatic heterocycles. The second kappa shape index (κ2) is 4.66. The number of methoxy groups -OCH3 is 1. The molecule has 1 aromatic carbocycles. The molecule has 1 unspecified atom stereocenters. The van der Waals surface area contributed by atoms with Gasteiger partial charge >= 0.3 is 5.97 Å². The first-order valence-electron chi connectivity index (χ1n) is 5.24. The molecule has 0 radical (unpaired) electrons. The standard InChI is InChI=1S/C13H18O3/c1-9-5-6-10(2)11(7-9)8-13(3,15)12(14)16-4/h5-7,15H,8H2,1-4H3. The van der Waals surface area contributed by atoms with Gasteiger partial charge in [0.2, 0.25) is 0 Å². The van der Waals surface area contributed by atoms with Gasteiger partial charge in [-0.05, 0) is 31.9 Å². The van der Waals surface area contributed by atoms with E-state index in [9.17, 15) is 9.90 Å². The second-order valence-electron chi connectivity index (χ2n) is 4.37. The molecule has 0 spiro atoms. The average Bonchev–Trinajstić information content (AvgIpc) is 2.22. The van der Waals surface area contributed by atoms with Crippen LogP contribution in [-0.4, -0.2) is 23.8 Å². The molecule has 0 aliphatic carbocycles. The van der Waals surface area contributed by atoms with Gasteiger partial charge in [-0.1, -0.05) is 23.8 Å². The third kappa shape index (κ3) is 2.83. The summed E-state index contributed by atoms with van der Waals surface area (Å²) in [5.74, 6) is -0.603. The third-order valence-electron chi connectivity index (χ3n) is 2.66. The van der Waals surface area contributed by atoms with Crippen LogP contribution in [0, 0.1) is 13.8 Å². The summed E-state index contributed by atoms with van der Waals surface area (Å²) >= 11 is 0. The van der Waals surface area contributed by atoms with Crippen LogP contribution in [0.1, 0.15) is 23.6 Å². The van der Waals surface area contributed by atoms with Gasteiger partial charge in [-0.2, -0.15) is 0 Å². The molecule has 0 heterocycles. The maximum absolute atomic E-state index is 11.4. The van der Waals surface area contributed by atoms with E-state index in [0.717, 1.165) is 16.7 Å². The zero-order chi connectivity index (χ0) is 12.3. The van der Waals surface area contributed by atoms with E-state index in [1.807, 2.05) is 32.0 Å². The van der Waals surface area contributed by atoms with Crippen molar-refractivity contribution < 1.29 is 14.6 Å². The van der Waals surface area contributed by atoms with Crippen LogP contribution in [0.3, 0.4) is 0 Å². The fourth-order valence-electron chi connectivity index (χ4n) is 1.65. The highest BCUT2D eigenvalue weighted by Crippen LogP contribution is 2.19. The van der Waals surface area contributed by atoms with Crippen LogP contribution in [0.4, 0.5) is 0 Å². The molecular weight excluding hydrogens is 204 g/mol. The highest BCUT2D eigenvalue weighted by molar-refractivity contribution is 5.79. The minimum atomic E-state index is -1.46. The molecule has 0 saturated carbocycles. The number of ether oxygens (including phenoxy) is 1. The van der Waals surface area contributed by atoms with Gasteiger partial charge in [0, 0.05) is 6.42 Å². The maximum atomic E-state index is 11.4. The van der Waals surface area contributed by atoms with Crippen LogP contribution in [0.2, 0.25) is 0 Å². The van der Waals surface area contributed by atoms with Crippen molar-refractivity contribution in [1.29, 1.82) is 0 Å². The van der Waals surface area contributed by atoms with Crippen molar-refractivity contribution >= 4 is 5.97 Å². The Bertz CT molecular complexity index is 394. The van der Waals surface area contributed by atoms with Gasteiger partial charge in [0.25, 0.3) is 0 Å². The van der Waals surface area contributed by atoms with Gasteiger partial charge in [0.05, 0.1) is 7.11 Å². The van der Waals surface area contributed by atoms with Crippen LogP contribution in [0.5, 0.6) is 0 Å². The van der Waals surface area contributed by atoms with E-state index >= 15 is 0 Å². The molecule has 88 valence electrons. The van der Waals surface area contributed by atoms with E-state index in [-0.39, 0.29) is 6.42 Å². The number of carbonyl (C=O) groups is 1. The number of hydrogen-bond acceptors (Lipinski definition) is 3.